The highest BCUT2D eigenvalue weighted by Gasteiger charge is 2.27. The Morgan fingerprint density at radius 1 is 0.711 bits per heavy atom. The molecule has 0 fully saturated rings. The van der Waals surface area contributed by atoms with Crippen LogP contribution in [0.2, 0.25) is 0 Å². The predicted molar refractivity (Wildman–Crippen MR) is 145 cm³/mol. The first kappa shape index (κ1) is 36.5. The average molecular weight is 565 g/mol. The summed E-state index contributed by atoms with van der Waals surface area (Å²) in [6.45, 7) is 1.77. The van der Waals surface area contributed by atoms with Crippen molar-refractivity contribution in [3.8, 4) is 0 Å². The van der Waals surface area contributed by atoms with Crippen LogP contribution in [0.3, 0.4) is 0 Å². The molecule has 0 heterocycles. The number of carbonyl (C=O) groups excluding carboxylic acids is 2. The molecule has 38 heavy (non-hydrogen) atoms. The lowest BCUT2D eigenvalue weighted by atomic mass is 10.1. The van der Waals surface area contributed by atoms with Crippen LogP contribution in [-0.4, -0.2) is 65.7 Å². The second kappa shape index (κ2) is 24.5. The number of aliphatic hydroxyl groups excluding tert-OH is 2. The van der Waals surface area contributed by atoms with Gasteiger partial charge in [0.05, 0.1) is 26.4 Å². The molecule has 0 saturated carbocycles. The number of esters is 2. The fourth-order valence-electron chi connectivity index (χ4n) is 3.19. The number of allylic oxidation sites excluding steroid dienone is 4. The van der Waals surface area contributed by atoms with Crippen LogP contribution in [0.15, 0.2) is 24.3 Å². The van der Waals surface area contributed by atoms with Gasteiger partial charge in [-0.05, 0) is 38.5 Å². The third kappa shape index (κ3) is 22.4. The molecule has 0 bridgehead atoms. The van der Waals surface area contributed by atoms with Crippen LogP contribution in [0.5, 0.6) is 0 Å². The standard InChI is InChI=1S/C27H49O10P/c1-3-5-7-8-9-10-11-12-13-14-15-16-17-19-27(31)37-25(21-29)23-35-38(32,33)34-22-24(20-28)36-26(30)18-6-4-2/h7-8,10-11,24-25,28-29H,3-6,9,12-23H2,1-2H3,(H,32,33)/b8-7-,11-10-. The van der Waals surface area contributed by atoms with Crippen molar-refractivity contribution in [3.05, 3.63) is 24.3 Å². The van der Waals surface area contributed by atoms with Crippen molar-refractivity contribution in [3.63, 3.8) is 0 Å². The molecule has 0 aromatic rings. The van der Waals surface area contributed by atoms with E-state index in [9.17, 15) is 29.3 Å². The number of rotatable bonds is 25. The lowest BCUT2D eigenvalue weighted by Gasteiger charge is -2.20. The average Bonchev–Trinajstić information content (AvgIpc) is 2.90. The molecule has 0 rings (SSSR count). The minimum absolute atomic E-state index is 0.166. The number of hydrogen-bond acceptors (Lipinski definition) is 9. The molecule has 0 aromatic carbocycles. The van der Waals surface area contributed by atoms with Crippen LogP contribution in [0.25, 0.3) is 0 Å². The van der Waals surface area contributed by atoms with Gasteiger partial charge in [-0.2, -0.15) is 0 Å². The van der Waals surface area contributed by atoms with E-state index in [1.54, 1.807) is 0 Å². The molecule has 0 aliphatic heterocycles. The largest absolute Gasteiger partial charge is 0.472 e. The van der Waals surface area contributed by atoms with E-state index in [1.807, 2.05) is 6.92 Å². The number of phosphoric acid groups is 1. The van der Waals surface area contributed by atoms with E-state index in [0.717, 1.165) is 51.4 Å². The zero-order valence-corrected chi connectivity index (χ0v) is 24.0. The number of hydrogen-bond donors (Lipinski definition) is 3. The Hall–Kier alpha value is -1.55. The molecule has 0 aliphatic carbocycles. The van der Waals surface area contributed by atoms with Gasteiger partial charge in [-0.15, -0.1) is 0 Å². The molecule has 11 heteroatoms. The molecular weight excluding hydrogens is 515 g/mol. The van der Waals surface area contributed by atoms with E-state index < -0.39 is 58.4 Å². The van der Waals surface area contributed by atoms with Gasteiger partial charge < -0.3 is 24.6 Å². The summed E-state index contributed by atoms with van der Waals surface area (Å²) >= 11 is 0. The molecule has 0 radical (unpaired) electrons. The first-order chi connectivity index (χ1) is 18.3. The van der Waals surface area contributed by atoms with Crippen molar-refractivity contribution in [1.29, 1.82) is 0 Å². The molecule has 10 nitrogen and oxygen atoms in total. The molecule has 0 aliphatic rings. The molecule has 3 N–H and O–H groups in total. The topological polar surface area (TPSA) is 149 Å². The zero-order valence-electron chi connectivity index (χ0n) is 23.1. The van der Waals surface area contributed by atoms with Crippen LogP contribution >= 0.6 is 7.82 Å². The SMILES string of the molecule is CCC/C=C\C/C=C\CCCCCCCC(=O)OC(CO)COP(=O)(O)OCC(CO)OC(=O)CCCC. The van der Waals surface area contributed by atoms with Crippen molar-refractivity contribution >= 4 is 19.8 Å². The van der Waals surface area contributed by atoms with Crippen molar-refractivity contribution in [2.75, 3.05) is 26.4 Å². The number of aliphatic hydroxyl groups is 2. The first-order valence-electron chi connectivity index (χ1n) is 13.8. The molecule has 0 aromatic heterocycles. The van der Waals surface area contributed by atoms with E-state index in [0.29, 0.717) is 12.8 Å². The number of ether oxygens (including phenoxy) is 2. The summed E-state index contributed by atoms with van der Waals surface area (Å²) in [4.78, 5) is 33.5. The smallest absolute Gasteiger partial charge is 0.457 e. The van der Waals surface area contributed by atoms with Gasteiger partial charge in [-0.3, -0.25) is 18.6 Å². The Morgan fingerprint density at radius 3 is 1.74 bits per heavy atom. The normalized spacial score (nSPS) is 15.0. The monoisotopic (exact) mass is 564 g/mol. The van der Waals surface area contributed by atoms with Crippen molar-refractivity contribution in [2.24, 2.45) is 0 Å². The maximum atomic E-state index is 12.1. The molecule has 0 spiro atoms. The highest BCUT2D eigenvalue weighted by atomic mass is 31.2. The Bertz CT molecular complexity index is 710. The van der Waals surface area contributed by atoms with Crippen LogP contribution in [-0.2, 0) is 32.7 Å². The van der Waals surface area contributed by atoms with E-state index in [-0.39, 0.29) is 12.8 Å². The second-order valence-corrected chi connectivity index (χ2v) is 10.5. The fraction of sp³-hybridized carbons (Fsp3) is 0.778. The Kier molecular flexibility index (Phi) is 23.5. The summed E-state index contributed by atoms with van der Waals surface area (Å²) in [6, 6.07) is 0. The Labute approximate surface area is 228 Å². The van der Waals surface area contributed by atoms with Crippen LogP contribution in [0, 0.1) is 0 Å². The summed E-state index contributed by atoms with van der Waals surface area (Å²) in [5, 5.41) is 18.7. The highest BCUT2D eigenvalue weighted by molar-refractivity contribution is 7.47. The molecule has 3 atom stereocenters. The van der Waals surface area contributed by atoms with Crippen LogP contribution in [0.1, 0.15) is 97.3 Å². The van der Waals surface area contributed by atoms with Gasteiger partial charge in [0.2, 0.25) is 0 Å². The molecule has 0 saturated heterocycles. The Morgan fingerprint density at radius 2 is 1.21 bits per heavy atom. The second-order valence-electron chi connectivity index (χ2n) is 9.03. The van der Waals surface area contributed by atoms with E-state index >= 15 is 0 Å². The van der Waals surface area contributed by atoms with Crippen molar-refractivity contribution in [2.45, 2.75) is 110 Å². The maximum absolute atomic E-state index is 12.1. The quantitative estimate of drug-likeness (QED) is 0.0588. The lowest BCUT2D eigenvalue weighted by molar-refractivity contribution is -0.153. The summed E-state index contributed by atoms with van der Waals surface area (Å²) in [6.07, 6.45) is 17.3. The first-order valence-corrected chi connectivity index (χ1v) is 15.3. The fourth-order valence-corrected chi connectivity index (χ4v) is 3.97. The molecular formula is C27H49O10P. The maximum Gasteiger partial charge on any atom is 0.472 e. The highest BCUT2D eigenvalue weighted by Crippen LogP contribution is 2.43. The number of carbonyl (C=O) groups is 2. The summed E-state index contributed by atoms with van der Waals surface area (Å²) in [7, 11) is -4.60. The van der Waals surface area contributed by atoms with E-state index in [4.69, 9.17) is 18.5 Å². The zero-order chi connectivity index (χ0) is 28.5. The minimum Gasteiger partial charge on any atom is -0.457 e. The molecule has 0 amide bonds. The molecule has 222 valence electrons. The van der Waals surface area contributed by atoms with Gasteiger partial charge in [0, 0.05) is 12.8 Å². The van der Waals surface area contributed by atoms with Gasteiger partial charge in [0.1, 0.15) is 12.2 Å². The summed E-state index contributed by atoms with van der Waals surface area (Å²) in [5.41, 5.74) is 0. The summed E-state index contributed by atoms with van der Waals surface area (Å²) in [5.74, 6) is -1.08. The van der Waals surface area contributed by atoms with Crippen molar-refractivity contribution < 1.29 is 47.8 Å². The Balaban J connectivity index is 4.05. The van der Waals surface area contributed by atoms with Gasteiger partial charge in [0.25, 0.3) is 0 Å². The van der Waals surface area contributed by atoms with E-state index in [2.05, 4.69) is 31.2 Å². The third-order valence-electron chi connectivity index (χ3n) is 5.40. The minimum atomic E-state index is -4.60. The van der Waals surface area contributed by atoms with Gasteiger partial charge in [0.15, 0.2) is 0 Å². The van der Waals surface area contributed by atoms with Crippen LogP contribution < -0.4 is 0 Å². The predicted octanol–water partition coefficient (Wildman–Crippen LogP) is 5.15. The van der Waals surface area contributed by atoms with Gasteiger partial charge >= 0.3 is 19.8 Å². The van der Waals surface area contributed by atoms with Crippen molar-refractivity contribution in [1.82, 2.24) is 0 Å². The van der Waals surface area contributed by atoms with Gasteiger partial charge in [-0.1, -0.05) is 70.3 Å². The van der Waals surface area contributed by atoms with Crippen LogP contribution in [0.4, 0.5) is 0 Å². The third-order valence-corrected chi connectivity index (χ3v) is 6.35. The summed E-state index contributed by atoms with van der Waals surface area (Å²) < 4.78 is 31.7. The van der Waals surface area contributed by atoms with E-state index in [1.165, 1.54) is 6.42 Å². The number of unbranched alkanes of at least 4 members (excludes halogenated alkanes) is 7. The molecule has 3 unspecified atom stereocenters. The van der Waals surface area contributed by atoms with Gasteiger partial charge in [-0.25, -0.2) is 4.57 Å². The number of phosphoric ester groups is 1. The lowest BCUT2D eigenvalue weighted by Crippen LogP contribution is -2.28.